The lowest BCUT2D eigenvalue weighted by molar-refractivity contribution is 0.670. The van der Waals surface area contributed by atoms with Crippen LogP contribution in [0.2, 0.25) is 0 Å². The predicted molar refractivity (Wildman–Crippen MR) is 204 cm³/mol. The number of nitriles is 1. The maximum absolute atomic E-state index is 9.38. The van der Waals surface area contributed by atoms with Crippen LogP contribution in [0.4, 0.5) is 0 Å². The van der Waals surface area contributed by atoms with Crippen molar-refractivity contribution in [1.29, 1.82) is 5.26 Å². The fraction of sp³-hybridized carbons (Fsp3) is 0. The van der Waals surface area contributed by atoms with Gasteiger partial charge in [0.05, 0.1) is 11.6 Å². The topological polar surface area (TPSA) is 75.6 Å². The summed E-state index contributed by atoms with van der Waals surface area (Å²) in [5.41, 5.74) is 11.2. The van der Waals surface area contributed by atoms with Crippen molar-refractivity contribution in [2.75, 3.05) is 0 Å². The van der Waals surface area contributed by atoms with E-state index >= 15 is 0 Å². The fourth-order valence-electron chi connectivity index (χ4n) is 6.65. The van der Waals surface area contributed by atoms with E-state index in [9.17, 15) is 5.26 Å². The molecule has 0 N–H and O–H groups in total. The molecule has 0 atom stereocenters. The largest absolute Gasteiger partial charge is 0.455 e. The normalized spacial score (nSPS) is 11.1. The highest BCUT2D eigenvalue weighted by atomic mass is 16.3. The van der Waals surface area contributed by atoms with Gasteiger partial charge in [0.25, 0.3) is 0 Å². The van der Waals surface area contributed by atoms with Gasteiger partial charge in [0.2, 0.25) is 0 Å². The van der Waals surface area contributed by atoms with Gasteiger partial charge in [0.15, 0.2) is 17.5 Å². The number of fused-ring (bicyclic) bond motifs is 3. The molecule has 0 saturated carbocycles. The minimum atomic E-state index is 0.554. The van der Waals surface area contributed by atoms with Gasteiger partial charge in [-0.3, -0.25) is 0 Å². The second-order valence-electron chi connectivity index (χ2n) is 12.4. The Kier molecular flexibility index (Phi) is 7.46. The van der Waals surface area contributed by atoms with E-state index in [0.29, 0.717) is 23.0 Å². The molecule has 0 spiro atoms. The first kappa shape index (κ1) is 29.9. The molecule has 9 aromatic rings. The van der Waals surface area contributed by atoms with Gasteiger partial charge in [-0.1, -0.05) is 140 Å². The third-order valence-electron chi connectivity index (χ3n) is 9.18. The molecule has 0 aliphatic carbocycles. The molecule has 5 nitrogen and oxygen atoms in total. The minimum absolute atomic E-state index is 0.554. The highest BCUT2D eigenvalue weighted by Gasteiger charge is 2.19. The van der Waals surface area contributed by atoms with Crippen LogP contribution >= 0.6 is 0 Å². The smallest absolute Gasteiger partial charge is 0.164 e. The van der Waals surface area contributed by atoms with Crippen molar-refractivity contribution in [2.24, 2.45) is 0 Å². The maximum atomic E-state index is 9.38. The first-order valence-corrected chi connectivity index (χ1v) is 16.7. The van der Waals surface area contributed by atoms with Crippen molar-refractivity contribution in [3.05, 3.63) is 175 Å². The lowest BCUT2D eigenvalue weighted by Crippen LogP contribution is -2.00. The van der Waals surface area contributed by atoms with Gasteiger partial charge >= 0.3 is 0 Å². The quantitative estimate of drug-likeness (QED) is 0.179. The van der Waals surface area contributed by atoms with E-state index in [1.54, 1.807) is 0 Å². The summed E-state index contributed by atoms with van der Waals surface area (Å²) in [6.45, 7) is 0. The first-order valence-electron chi connectivity index (χ1n) is 16.7. The molecule has 5 heteroatoms. The Labute approximate surface area is 294 Å². The number of furan rings is 1. The van der Waals surface area contributed by atoms with Gasteiger partial charge in [-0.2, -0.15) is 5.26 Å². The van der Waals surface area contributed by atoms with Crippen molar-refractivity contribution < 1.29 is 4.42 Å². The van der Waals surface area contributed by atoms with Crippen LogP contribution in [0.3, 0.4) is 0 Å². The Hall–Kier alpha value is -7.16. The third-order valence-corrected chi connectivity index (χ3v) is 9.18. The monoisotopic (exact) mass is 652 g/mol. The Morgan fingerprint density at radius 3 is 1.57 bits per heavy atom. The van der Waals surface area contributed by atoms with Crippen LogP contribution in [-0.2, 0) is 0 Å². The van der Waals surface area contributed by atoms with E-state index in [1.807, 2.05) is 97.1 Å². The number of benzene rings is 7. The zero-order valence-corrected chi connectivity index (χ0v) is 27.4. The highest BCUT2D eigenvalue weighted by molar-refractivity contribution is 6.16. The molecule has 0 radical (unpaired) electrons. The molecule has 0 aliphatic heterocycles. The summed E-state index contributed by atoms with van der Waals surface area (Å²) in [6, 6.07) is 59.3. The summed E-state index contributed by atoms with van der Waals surface area (Å²) in [5.74, 6) is 1.71. The van der Waals surface area contributed by atoms with Crippen LogP contribution in [0.1, 0.15) is 5.56 Å². The number of aromatic nitrogens is 3. The Balaban J connectivity index is 1.20. The molecular formula is C46H28N4O. The second kappa shape index (κ2) is 12.7. The Morgan fingerprint density at radius 2 is 0.922 bits per heavy atom. The molecule has 0 aliphatic rings. The lowest BCUT2D eigenvalue weighted by Gasteiger charge is -2.09. The van der Waals surface area contributed by atoms with Crippen LogP contribution in [0.5, 0.6) is 0 Å². The zero-order chi connectivity index (χ0) is 34.1. The molecule has 238 valence electrons. The van der Waals surface area contributed by atoms with Gasteiger partial charge in [0.1, 0.15) is 11.2 Å². The molecule has 2 aromatic heterocycles. The SMILES string of the molecule is N#Cc1cccc(-c2ccc(-c3nc(-c4ccccc4)nc(-c4ccc5c(c4)oc4c(-c6ccccc6)ccc(-c6ccccc6)c45)n3)cc2)c1. The molecule has 0 bridgehead atoms. The molecule has 51 heavy (non-hydrogen) atoms. The van der Waals surface area contributed by atoms with Crippen molar-refractivity contribution in [2.45, 2.75) is 0 Å². The zero-order valence-electron chi connectivity index (χ0n) is 27.4. The highest BCUT2D eigenvalue weighted by Crippen LogP contribution is 2.42. The maximum Gasteiger partial charge on any atom is 0.164 e. The van der Waals surface area contributed by atoms with E-state index in [-0.39, 0.29) is 0 Å². The van der Waals surface area contributed by atoms with Gasteiger partial charge in [-0.25, -0.2) is 15.0 Å². The van der Waals surface area contributed by atoms with E-state index in [1.165, 1.54) is 0 Å². The second-order valence-corrected chi connectivity index (χ2v) is 12.4. The molecule has 2 heterocycles. The van der Waals surface area contributed by atoms with Gasteiger partial charge in [0, 0.05) is 33.0 Å². The van der Waals surface area contributed by atoms with Crippen LogP contribution < -0.4 is 0 Å². The third kappa shape index (κ3) is 5.61. The summed E-state index contributed by atoms with van der Waals surface area (Å²) in [4.78, 5) is 14.9. The number of nitrogens with zero attached hydrogens (tertiary/aromatic N) is 4. The van der Waals surface area contributed by atoms with Gasteiger partial charge in [-0.15, -0.1) is 0 Å². The average Bonchev–Trinajstić information content (AvgIpc) is 3.60. The number of rotatable bonds is 6. The summed E-state index contributed by atoms with van der Waals surface area (Å²) in [6.07, 6.45) is 0. The average molecular weight is 653 g/mol. The van der Waals surface area contributed by atoms with E-state index in [0.717, 1.165) is 72.0 Å². The molecule has 0 fully saturated rings. The number of hydrogen-bond donors (Lipinski definition) is 0. The van der Waals surface area contributed by atoms with Crippen molar-refractivity contribution >= 4 is 21.9 Å². The molecule has 0 unspecified atom stereocenters. The van der Waals surface area contributed by atoms with E-state index in [4.69, 9.17) is 19.4 Å². The molecule has 0 amide bonds. The minimum Gasteiger partial charge on any atom is -0.455 e. The summed E-state index contributed by atoms with van der Waals surface area (Å²) in [7, 11) is 0. The van der Waals surface area contributed by atoms with Crippen molar-refractivity contribution in [1.82, 2.24) is 15.0 Å². The van der Waals surface area contributed by atoms with Crippen molar-refractivity contribution in [3.8, 4) is 73.6 Å². The van der Waals surface area contributed by atoms with E-state index < -0.39 is 0 Å². The van der Waals surface area contributed by atoms with Crippen LogP contribution in [0.15, 0.2) is 174 Å². The predicted octanol–water partition coefficient (Wildman–Crippen LogP) is 11.6. The molecule has 7 aromatic carbocycles. The van der Waals surface area contributed by atoms with Crippen LogP contribution in [0.25, 0.3) is 89.5 Å². The van der Waals surface area contributed by atoms with E-state index in [2.05, 4.69) is 78.9 Å². The van der Waals surface area contributed by atoms with Crippen LogP contribution in [-0.4, -0.2) is 15.0 Å². The standard InChI is InChI=1S/C46H28N4O/c47-29-30-11-10-18-36(27-30)31-19-21-35(22-20-31)45-48-44(34-16-8-3-9-17-34)49-46(50-45)37-23-24-40-41(28-37)51-43-39(33-14-6-2-7-15-33)26-25-38(42(40)43)32-12-4-1-5-13-32/h1-28H. The fourth-order valence-corrected chi connectivity index (χ4v) is 6.65. The lowest BCUT2D eigenvalue weighted by atomic mass is 9.94. The Morgan fingerprint density at radius 1 is 0.412 bits per heavy atom. The van der Waals surface area contributed by atoms with Gasteiger partial charge < -0.3 is 4.42 Å². The molecule has 9 rings (SSSR count). The van der Waals surface area contributed by atoms with Crippen LogP contribution in [0, 0.1) is 11.3 Å². The van der Waals surface area contributed by atoms with Gasteiger partial charge in [-0.05, 0) is 58.1 Å². The van der Waals surface area contributed by atoms with Crippen molar-refractivity contribution in [3.63, 3.8) is 0 Å². The summed E-state index contributed by atoms with van der Waals surface area (Å²) in [5, 5.41) is 11.5. The first-order chi connectivity index (χ1) is 25.2. The number of hydrogen-bond acceptors (Lipinski definition) is 5. The summed E-state index contributed by atoms with van der Waals surface area (Å²) < 4.78 is 6.77. The summed E-state index contributed by atoms with van der Waals surface area (Å²) >= 11 is 0. The molecular weight excluding hydrogens is 625 g/mol. The molecule has 0 saturated heterocycles. The Bertz CT molecular complexity index is 2730.